The zero-order chi connectivity index (χ0) is 14.3. The van der Waals surface area contributed by atoms with Crippen LogP contribution in [0.5, 0.6) is 5.75 Å². The van der Waals surface area contributed by atoms with Crippen molar-refractivity contribution >= 4 is 15.9 Å². The number of ether oxygens (including phenoxy) is 1. The first-order valence-electron chi connectivity index (χ1n) is 7.73. The van der Waals surface area contributed by atoms with Gasteiger partial charge >= 0.3 is 0 Å². The van der Waals surface area contributed by atoms with Gasteiger partial charge in [-0.05, 0) is 55.7 Å². The number of benzene rings is 1. The van der Waals surface area contributed by atoms with Gasteiger partial charge in [0.2, 0.25) is 0 Å². The molecule has 2 nitrogen and oxygen atoms in total. The van der Waals surface area contributed by atoms with Crippen molar-refractivity contribution in [2.45, 2.75) is 57.6 Å². The number of halogens is 1. The number of fused-ring (bicyclic) bond motifs is 1. The van der Waals surface area contributed by atoms with Crippen molar-refractivity contribution in [3.63, 3.8) is 0 Å². The summed E-state index contributed by atoms with van der Waals surface area (Å²) < 4.78 is 7.49. The summed E-state index contributed by atoms with van der Waals surface area (Å²) in [6, 6.07) is 6.32. The number of rotatable bonds is 1. The molecule has 3 heteroatoms. The molecule has 1 aromatic carbocycles. The van der Waals surface area contributed by atoms with Crippen LogP contribution in [0.2, 0.25) is 0 Å². The molecule has 3 rings (SSSR count). The molecule has 1 spiro atoms. The van der Waals surface area contributed by atoms with Gasteiger partial charge in [-0.25, -0.2) is 0 Å². The Labute approximate surface area is 130 Å². The summed E-state index contributed by atoms with van der Waals surface area (Å²) in [6.45, 7) is 4.67. The molecule has 110 valence electrons. The Balaban J connectivity index is 1.80. The Morgan fingerprint density at radius 3 is 2.65 bits per heavy atom. The van der Waals surface area contributed by atoms with Crippen molar-refractivity contribution < 1.29 is 4.74 Å². The van der Waals surface area contributed by atoms with E-state index in [2.05, 4.69) is 41.9 Å². The summed E-state index contributed by atoms with van der Waals surface area (Å²) in [5, 5.41) is 0. The predicted octanol–water partition coefficient (Wildman–Crippen LogP) is 4.82. The standard InChI is InChI=1S/C17H24BrNO/c1-11(2)12-5-7-17(8-6-12)10-15(19)14-9-13(18)3-4-16(14)20-17/h3-4,9,11-12,15H,5-8,10,19H2,1-2H3/t12?,15-,17?/m1/s1. The van der Waals surface area contributed by atoms with Crippen LogP contribution in [0.25, 0.3) is 0 Å². The molecule has 0 unspecified atom stereocenters. The van der Waals surface area contributed by atoms with Crippen LogP contribution < -0.4 is 10.5 Å². The Morgan fingerprint density at radius 2 is 2.00 bits per heavy atom. The zero-order valence-corrected chi connectivity index (χ0v) is 13.9. The zero-order valence-electron chi connectivity index (χ0n) is 12.4. The molecular formula is C17H24BrNO. The molecule has 1 fully saturated rings. The lowest BCUT2D eigenvalue weighted by Crippen LogP contribution is -2.46. The fourth-order valence-corrected chi connectivity index (χ4v) is 4.21. The SMILES string of the molecule is CC(C)C1CCC2(CC1)C[C@@H](N)c1cc(Br)ccc1O2. The summed E-state index contributed by atoms with van der Waals surface area (Å²) in [7, 11) is 0. The van der Waals surface area contributed by atoms with Gasteiger partial charge in [-0.15, -0.1) is 0 Å². The minimum atomic E-state index is -0.00830. The summed E-state index contributed by atoms with van der Waals surface area (Å²) in [5.74, 6) is 2.63. The second-order valence-electron chi connectivity index (χ2n) is 6.86. The van der Waals surface area contributed by atoms with Crippen molar-refractivity contribution in [1.82, 2.24) is 0 Å². The first-order valence-corrected chi connectivity index (χ1v) is 8.52. The molecule has 0 aromatic heterocycles. The Kier molecular flexibility index (Phi) is 3.85. The largest absolute Gasteiger partial charge is 0.487 e. The van der Waals surface area contributed by atoms with Gasteiger partial charge in [0.1, 0.15) is 11.4 Å². The van der Waals surface area contributed by atoms with Crippen molar-refractivity contribution in [2.75, 3.05) is 0 Å². The van der Waals surface area contributed by atoms with Crippen LogP contribution in [0.15, 0.2) is 22.7 Å². The van der Waals surface area contributed by atoms with Crippen molar-refractivity contribution in [1.29, 1.82) is 0 Å². The number of hydrogen-bond donors (Lipinski definition) is 1. The van der Waals surface area contributed by atoms with Gasteiger partial charge in [0.15, 0.2) is 0 Å². The first-order chi connectivity index (χ1) is 9.49. The van der Waals surface area contributed by atoms with Gasteiger partial charge in [-0.3, -0.25) is 0 Å². The second kappa shape index (κ2) is 5.34. The highest BCUT2D eigenvalue weighted by Gasteiger charge is 2.43. The highest BCUT2D eigenvalue weighted by molar-refractivity contribution is 9.10. The van der Waals surface area contributed by atoms with E-state index >= 15 is 0 Å². The third-order valence-electron chi connectivity index (χ3n) is 5.17. The minimum absolute atomic E-state index is 0.00830. The van der Waals surface area contributed by atoms with Crippen LogP contribution in [0.3, 0.4) is 0 Å². The second-order valence-corrected chi connectivity index (χ2v) is 7.77. The lowest BCUT2D eigenvalue weighted by molar-refractivity contribution is -0.0160. The van der Waals surface area contributed by atoms with E-state index in [4.69, 9.17) is 10.5 Å². The van der Waals surface area contributed by atoms with Crippen LogP contribution in [-0.2, 0) is 0 Å². The summed E-state index contributed by atoms with van der Waals surface area (Å²) in [6.07, 6.45) is 5.81. The maximum atomic E-state index is 6.41. The average Bonchev–Trinajstić information content (AvgIpc) is 2.40. The van der Waals surface area contributed by atoms with Crippen LogP contribution >= 0.6 is 15.9 Å². The maximum absolute atomic E-state index is 6.41. The van der Waals surface area contributed by atoms with Crippen LogP contribution in [0.1, 0.15) is 57.6 Å². The van der Waals surface area contributed by atoms with Crippen molar-refractivity contribution in [2.24, 2.45) is 17.6 Å². The van der Waals surface area contributed by atoms with E-state index in [1.54, 1.807) is 0 Å². The molecule has 20 heavy (non-hydrogen) atoms. The summed E-state index contributed by atoms with van der Waals surface area (Å²) >= 11 is 3.52. The van der Waals surface area contributed by atoms with E-state index in [9.17, 15) is 0 Å². The minimum Gasteiger partial charge on any atom is -0.487 e. The van der Waals surface area contributed by atoms with Crippen molar-refractivity contribution in [3.05, 3.63) is 28.2 Å². The Bertz CT molecular complexity index is 492. The fraction of sp³-hybridized carbons (Fsp3) is 0.647. The molecule has 1 heterocycles. The van der Waals surface area contributed by atoms with Crippen molar-refractivity contribution in [3.8, 4) is 5.75 Å². The molecule has 2 N–H and O–H groups in total. The molecule has 1 aliphatic carbocycles. The van der Waals surface area contributed by atoms with E-state index in [-0.39, 0.29) is 11.6 Å². The van der Waals surface area contributed by atoms with E-state index < -0.39 is 0 Å². The lowest BCUT2D eigenvalue weighted by Gasteiger charge is -2.46. The highest BCUT2D eigenvalue weighted by atomic mass is 79.9. The van der Waals surface area contributed by atoms with E-state index in [1.807, 2.05) is 6.07 Å². The molecule has 0 bridgehead atoms. The van der Waals surface area contributed by atoms with Gasteiger partial charge < -0.3 is 10.5 Å². The van der Waals surface area contributed by atoms with Crippen LogP contribution in [-0.4, -0.2) is 5.60 Å². The van der Waals surface area contributed by atoms with E-state index in [0.717, 1.165) is 46.9 Å². The van der Waals surface area contributed by atoms with Gasteiger partial charge in [0, 0.05) is 22.5 Å². The average molecular weight is 338 g/mol. The molecular weight excluding hydrogens is 314 g/mol. The molecule has 2 aliphatic rings. The number of hydrogen-bond acceptors (Lipinski definition) is 2. The molecule has 1 aliphatic heterocycles. The van der Waals surface area contributed by atoms with E-state index in [0.29, 0.717) is 0 Å². The highest BCUT2D eigenvalue weighted by Crippen LogP contribution is 2.47. The molecule has 1 saturated carbocycles. The van der Waals surface area contributed by atoms with Gasteiger partial charge in [0.05, 0.1) is 0 Å². The molecule has 0 amide bonds. The molecule has 0 saturated heterocycles. The lowest BCUT2D eigenvalue weighted by atomic mass is 9.71. The van der Waals surface area contributed by atoms with Gasteiger partial charge in [-0.2, -0.15) is 0 Å². The molecule has 1 atom stereocenters. The smallest absolute Gasteiger partial charge is 0.124 e. The maximum Gasteiger partial charge on any atom is 0.124 e. The predicted molar refractivity (Wildman–Crippen MR) is 85.8 cm³/mol. The fourth-order valence-electron chi connectivity index (χ4n) is 3.83. The third-order valence-corrected chi connectivity index (χ3v) is 5.67. The van der Waals surface area contributed by atoms with Gasteiger partial charge in [-0.1, -0.05) is 29.8 Å². The van der Waals surface area contributed by atoms with Crippen LogP contribution in [0, 0.1) is 11.8 Å². The quantitative estimate of drug-likeness (QED) is 0.797. The Morgan fingerprint density at radius 1 is 1.30 bits per heavy atom. The van der Waals surface area contributed by atoms with Crippen LogP contribution in [0.4, 0.5) is 0 Å². The summed E-state index contributed by atoms with van der Waals surface area (Å²) in [4.78, 5) is 0. The number of nitrogens with two attached hydrogens (primary N) is 1. The first kappa shape index (κ1) is 14.4. The monoisotopic (exact) mass is 337 g/mol. The van der Waals surface area contributed by atoms with E-state index in [1.165, 1.54) is 12.8 Å². The Hall–Kier alpha value is -0.540. The topological polar surface area (TPSA) is 35.2 Å². The summed E-state index contributed by atoms with van der Waals surface area (Å²) in [5.41, 5.74) is 7.56. The van der Waals surface area contributed by atoms with Gasteiger partial charge in [0.25, 0.3) is 0 Å². The third kappa shape index (κ3) is 2.62. The normalized spacial score (nSPS) is 33.0. The molecule has 0 radical (unpaired) electrons. The molecule has 1 aromatic rings.